The summed E-state index contributed by atoms with van der Waals surface area (Å²) in [6, 6.07) is 8.09. The van der Waals surface area contributed by atoms with E-state index in [4.69, 9.17) is 18.5 Å². The first-order valence-electron chi connectivity index (χ1n) is 14.2. The first-order chi connectivity index (χ1) is 17.9. The van der Waals surface area contributed by atoms with Crippen LogP contribution >= 0.6 is 8.60 Å². The van der Waals surface area contributed by atoms with Crippen molar-refractivity contribution in [1.29, 1.82) is 0 Å². The molecule has 0 fully saturated rings. The molecule has 0 saturated heterocycles. The van der Waals surface area contributed by atoms with E-state index in [1.54, 1.807) is 0 Å². The molecule has 0 heterocycles. The Morgan fingerprint density at radius 3 is 1.97 bits per heavy atom. The molecule has 0 radical (unpaired) electrons. The Morgan fingerprint density at radius 1 is 0.865 bits per heavy atom. The number of likely N-dealkylation sites (N-methyl/N-ethyl adjacent to an activating group) is 1. The number of nitrogens with zero attached hydrogens (tertiary/aromatic N) is 1. The molecular formula is C29H52NO6P. The molecule has 0 spiro atoms. The minimum atomic E-state index is -2.03. The van der Waals surface area contributed by atoms with Crippen LogP contribution in [0.3, 0.4) is 0 Å². The van der Waals surface area contributed by atoms with Crippen molar-refractivity contribution in [2.45, 2.75) is 103 Å². The molecule has 0 bridgehead atoms. The Bertz CT molecular complexity index is 673. The van der Waals surface area contributed by atoms with Gasteiger partial charge < -0.3 is 28.3 Å². The van der Waals surface area contributed by atoms with E-state index in [2.05, 4.69) is 19.1 Å². The average molecular weight is 542 g/mol. The lowest BCUT2D eigenvalue weighted by Gasteiger charge is -2.19. The molecule has 1 rings (SSSR count). The summed E-state index contributed by atoms with van der Waals surface area (Å²) in [4.78, 5) is 23.2. The summed E-state index contributed by atoms with van der Waals surface area (Å²) in [5, 5.41) is 0. The van der Waals surface area contributed by atoms with Gasteiger partial charge in [0.2, 0.25) is 0 Å². The Kier molecular flexibility index (Phi) is 20.7. The van der Waals surface area contributed by atoms with Crippen molar-refractivity contribution >= 4 is 14.6 Å². The minimum Gasteiger partial charge on any atom is -0.490 e. The van der Waals surface area contributed by atoms with Crippen LogP contribution in [0.2, 0.25) is 0 Å². The zero-order valence-electron chi connectivity index (χ0n) is 23.8. The van der Waals surface area contributed by atoms with E-state index in [1.165, 1.54) is 89.5 Å². The number of benzene rings is 1. The Balaban J connectivity index is 2.19. The van der Waals surface area contributed by atoms with Crippen LogP contribution in [0.25, 0.3) is 0 Å². The summed E-state index contributed by atoms with van der Waals surface area (Å²) in [5.41, 5.74) is 1.31. The standard InChI is InChI=1S/C29H52NO6P/c1-5-6-7-8-9-10-11-12-13-14-15-16-17-27-18-20-28(21-19-27)33-24-29(36-26(2)31)25-35-37(32)34-23-22-30(3)4/h18-21,29,32H,5-17,22-25H2,1-4H3. The van der Waals surface area contributed by atoms with Gasteiger partial charge in [-0.05, 0) is 44.6 Å². The van der Waals surface area contributed by atoms with E-state index in [0.29, 0.717) is 18.9 Å². The number of hydrogen-bond donors (Lipinski definition) is 1. The third-order valence-corrected chi connectivity index (χ3v) is 6.90. The molecule has 1 N–H and O–H groups in total. The first kappa shape index (κ1) is 33.8. The van der Waals surface area contributed by atoms with E-state index in [9.17, 15) is 9.69 Å². The summed E-state index contributed by atoms with van der Waals surface area (Å²) >= 11 is 0. The predicted octanol–water partition coefficient (Wildman–Crippen LogP) is 7.05. The van der Waals surface area contributed by atoms with E-state index < -0.39 is 20.7 Å². The molecule has 2 unspecified atom stereocenters. The first-order valence-corrected chi connectivity index (χ1v) is 15.3. The van der Waals surface area contributed by atoms with Gasteiger partial charge >= 0.3 is 14.6 Å². The number of aryl methyl sites for hydroxylation is 1. The largest absolute Gasteiger partial charge is 0.490 e. The van der Waals surface area contributed by atoms with E-state index in [1.807, 2.05) is 31.1 Å². The molecule has 1 aromatic carbocycles. The fourth-order valence-corrected chi connectivity index (χ4v) is 4.55. The second-order valence-electron chi connectivity index (χ2n) is 10.00. The van der Waals surface area contributed by atoms with Crippen molar-refractivity contribution in [3.8, 4) is 5.75 Å². The smallest absolute Gasteiger partial charge is 0.330 e. The number of esters is 1. The lowest BCUT2D eigenvalue weighted by molar-refractivity contribution is -0.149. The van der Waals surface area contributed by atoms with Gasteiger partial charge in [0.1, 0.15) is 12.4 Å². The highest BCUT2D eigenvalue weighted by atomic mass is 31.2. The van der Waals surface area contributed by atoms with Crippen molar-refractivity contribution in [2.75, 3.05) is 40.5 Å². The predicted molar refractivity (Wildman–Crippen MR) is 152 cm³/mol. The number of carbonyl (C=O) groups is 1. The second-order valence-corrected chi connectivity index (χ2v) is 11.0. The number of unbranched alkanes of at least 4 members (excludes halogenated alkanes) is 11. The lowest BCUT2D eigenvalue weighted by Crippen LogP contribution is -2.28. The molecule has 0 aromatic heterocycles. The van der Waals surface area contributed by atoms with Gasteiger partial charge in [0.15, 0.2) is 6.10 Å². The van der Waals surface area contributed by atoms with Gasteiger partial charge in [0.05, 0.1) is 13.2 Å². The van der Waals surface area contributed by atoms with Gasteiger partial charge in [-0.1, -0.05) is 89.7 Å². The zero-order chi connectivity index (χ0) is 27.1. The number of carbonyl (C=O) groups excluding carboxylic acids is 1. The van der Waals surface area contributed by atoms with Crippen LogP contribution in [0.5, 0.6) is 5.75 Å². The van der Waals surface area contributed by atoms with Crippen molar-refractivity contribution in [2.24, 2.45) is 0 Å². The van der Waals surface area contributed by atoms with Crippen LogP contribution in [0.15, 0.2) is 24.3 Å². The highest BCUT2D eigenvalue weighted by Gasteiger charge is 2.17. The molecule has 37 heavy (non-hydrogen) atoms. The normalized spacial score (nSPS) is 13.0. The Labute approximate surface area is 227 Å². The molecule has 2 atom stereocenters. The summed E-state index contributed by atoms with van der Waals surface area (Å²) in [6.07, 6.45) is 16.8. The van der Waals surface area contributed by atoms with Crippen LogP contribution in [0.4, 0.5) is 0 Å². The molecule has 0 amide bonds. The van der Waals surface area contributed by atoms with Gasteiger partial charge in [0.25, 0.3) is 0 Å². The molecule has 0 aliphatic rings. The van der Waals surface area contributed by atoms with Gasteiger partial charge in [-0.3, -0.25) is 4.79 Å². The van der Waals surface area contributed by atoms with Crippen LogP contribution in [0.1, 0.15) is 96.5 Å². The third-order valence-electron chi connectivity index (χ3n) is 6.12. The quantitative estimate of drug-likeness (QED) is 0.0853. The van der Waals surface area contributed by atoms with Crippen molar-refractivity contribution in [1.82, 2.24) is 4.90 Å². The van der Waals surface area contributed by atoms with Crippen molar-refractivity contribution in [3.05, 3.63) is 29.8 Å². The molecule has 8 heteroatoms. The monoisotopic (exact) mass is 541 g/mol. The molecular weight excluding hydrogens is 489 g/mol. The summed E-state index contributed by atoms with van der Waals surface area (Å²) in [5.74, 6) is 0.287. The Morgan fingerprint density at radius 2 is 1.43 bits per heavy atom. The summed E-state index contributed by atoms with van der Waals surface area (Å²) in [6.45, 7) is 4.78. The Hall–Kier alpha value is -1.24. The highest BCUT2D eigenvalue weighted by Crippen LogP contribution is 2.32. The van der Waals surface area contributed by atoms with Crippen LogP contribution in [0, 0.1) is 0 Å². The fourth-order valence-electron chi connectivity index (χ4n) is 3.95. The van der Waals surface area contributed by atoms with Gasteiger partial charge in [-0.25, -0.2) is 0 Å². The topological polar surface area (TPSA) is 77.5 Å². The minimum absolute atomic E-state index is 0.000784. The van der Waals surface area contributed by atoms with Gasteiger partial charge in [-0.15, -0.1) is 0 Å². The van der Waals surface area contributed by atoms with Gasteiger partial charge in [0, 0.05) is 13.5 Å². The van der Waals surface area contributed by atoms with Crippen LogP contribution in [-0.4, -0.2) is 62.3 Å². The zero-order valence-corrected chi connectivity index (χ0v) is 24.7. The van der Waals surface area contributed by atoms with E-state index >= 15 is 0 Å². The van der Waals surface area contributed by atoms with E-state index in [-0.39, 0.29) is 13.2 Å². The van der Waals surface area contributed by atoms with Gasteiger partial charge in [-0.2, -0.15) is 0 Å². The maximum atomic E-state index is 11.4. The molecule has 1 aromatic rings. The summed E-state index contributed by atoms with van der Waals surface area (Å²) < 4.78 is 21.6. The number of ether oxygens (including phenoxy) is 2. The average Bonchev–Trinajstić information content (AvgIpc) is 2.86. The highest BCUT2D eigenvalue weighted by molar-refractivity contribution is 7.40. The molecule has 7 nitrogen and oxygen atoms in total. The molecule has 0 saturated carbocycles. The maximum Gasteiger partial charge on any atom is 0.330 e. The molecule has 214 valence electrons. The van der Waals surface area contributed by atoms with E-state index in [0.717, 1.165) is 6.42 Å². The second kappa shape index (κ2) is 22.7. The van der Waals surface area contributed by atoms with Crippen LogP contribution in [-0.2, 0) is 25.0 Å². The molecule has 0 aliphatic carbocycles. The van der Waals surface area contributed by atoms with Crippen molar-refractivity contribution < 1.29 is 28.2 Å². The number of hydrogen-bond acceptors (Lipinski definition) is 7. The third kappa shape index (κ3) is 20.4. The van der Waals surface area contributed by atoms with Crippen LogP contribution < -0.4 is 4.74 Å². The van der Waals surface area contributed by atoms with Crippen molar-refractivity contribution in [3.63, 3.8) is 0 Å². The number of rotatable bonds is 24. The molecule has 0 aliphatic heterocycles. The maximum absolute atomic E-state index is 11.4. The summed E-state index contributed by atoms with van der Waals surface area (Å²) in [7, 11) is 1.81. The SMILES string of the molecule is CCCCCCCCCCCCCCc1ccc(OCC(COP(O)OCCN(C)C)OC(C)=O)cc1. The fraction of sp³-hybridized carbons (Fsp3) is 0.759. The lowest BCUT2D eigenvalue weighted by atomic mass is 10.0.